The van der Waals surface area contributed by atoms with E-state index in [9.17, 15) is 4.79 Å². The summed E-state index contributed by atoms with van der Waals surface area (Å²) in [6.07, 6.45) is 7.19. The van der Waals surface area contributed by atoms with E-state index in [2.05, 4.69) is 79.7 Å². The Bertz CT molecular complexity index is 596. The van der Waals surface area contributed by atoms with Gasteiger partial charge in [0.1, 0.15) is 0 Å². The Morgan fingerprint density at radius 1 is 0.718 bits per heavy atom. The van der Waals surface area contributed by atoms with Crippen molar-refractivity contribution < 1.29 is 13.0 Å². The molecule has 1 amide bonds. The van der Waals surface area contributed by atoms with E-state index in [1.807, 2.05) is 4.90 Å². The smallest absolute Gasteiger partial charge is 0.245 e. The summed E-state index contributed by atoms with van der Waals surface area (Å²) >= 11 is 0. The van der Waals surface area contributed by atoms with E-state index in [1.165, 1.54) is 31.4 Å². The molecule has 0 spiro atoms. The van der Waals surface area contributed by atoms with E-state index in [0.29, 0.717) is 5.54 Å². The number of carbonyl (C=O) groups is 1. The molecule has 0 saturated heterocycles. The minimum atomic E-state index is -1.74. The van der Waals surface area contributed by atoms with Crippen LogP contribution in [-0.4, -0.2) is 57.2 Å². The molecule has 39 heavy (non-hydrogen) atoms. The monoisotopic (exact) mass is 628 g/mol. The van der Waals surface area contributed by atoms with Crippen LogP contribution in [0.2, 0.25) is 76.0 Å². The molecule has 1 atom stereocenters. The summed E-state index contributed by atoms with van der Waals surface area (Å²) in [5.74, 6) is 0.0581. The van der Waals surface area contributed by atoms with Gasteiger partial charge in [-0.3, -0.25) is 4.79 Å². The van der Waals surface area contributed by atoms with E-state index < -0.39 is 33.3 Å². The van der Waals surface area contributed by atoms with Gasteiger partial charge in [-0.1, -0.05) is 91.2 Å². The van der Waals surface area contributed by atoms with Crippen molar-refractivity contribution in [3.8, 4) is 0 Å². The van der Waals surface area contributed by atoms with E-state index in [0.717, 1.165) is 38.0 Å². The zero-order valence-electron chi connectivity index (χ0n) is 24.1. The molecule has 0 heterocycles. The van der Waals surface area contributed by atoms with Crippen molar-refractivity contribution in [2.24, 2.45) is 0 Å². The zero-order chi connectivity index (χ0) is 25.9. The lowest BCUT2D eigenvalue weighted by Crippen LogP contribution is -2.47. The summed E-state index contributed by atoms with van der Waals surface area (Å²) in [5.41, 5.74) is 0.674. The van der Waals surface area contributed by atoms with Gasteiger partial charge in [0, 0.05) is 13.1 Å². The van der Waals surface area contributed by atoms with Crippen LogP contribution in [0.15, 0.2) is 12.7 Å². The predicted molar refractivity (Wildman–Crippen MR) is 198 cm³/mol. The molecule has 0 radical (unpaired) electrons. The maximum Gasteiger partial charge on any atom is 0.245 e. The zero-order valence-corrected chi connectivity index (χ0v) is 28.1. The second kappa shape index (κ2) is 24.6. The third-order valence-corrected chi connectivity index (χ3v) is 23.1. The lowest BCUT2D eigenvalue weighted by molar-refractivity contribution is -0.126. The molecule has 8 heteroatoms. The molecule has 0 N–H and O–H groups in total. The van der Waals surface area contributed by atoms with Gasteiger partial charge in [-0.2, -0.15) is 0 Å². The SMILES string of the molecule is C.C.C.C.C.C.C=CC(=O)N(CCC[Si](C)(C)O[Si](C)(C)CCCC)CCC[Si](C)(C)O[Si](C)(C)C(C)CC. The van der Waals surface area contributed by atoms with Crippen molar-refractivity contribution in [2.45, 2.75) is 173 Å². The minimum Gasteiger partial charge on any atom is -0.455 e. The van der Waals surface area contributed by atoms with Gasteiger partial charge in [0.2, 0.25) is 5.91 Å². The quantitative estimate of drug-likeness (QED) is 0.112. The average Bonchev–Trinajstić information content (AvgIpc) is 2.68. The minimum absolute atomic E-state index is 0. The van der Waals surface area contributed by atoms with E-state index >= 15 is 0 Å². The highest BCUT2D eigenvalue weighted by Crippen LogP contribution is 2.30. The Balaban J connectivity index is -0.000000341. The average molecular weight is 628 g/mol. The van der Waals surface area contributed by atoms with Crippen LogP contribution in [0.25, 0.3) is 0 Å². The summed E-state index contributed by atoms with van der Waals surface area (Å²) in [7, 11) is -6.69. The molecule has 0 aliphatic rings. The van der Waals surface area contributed by atoms with Gasteiger partial charge in [0.05, 0.1) is 0 Å². The van der Waals surface area contributed by atoms with Gasteiger partial charge in [0.15, 0.2) is 33.3 Å². The standard InChI is InChI=1S/C25H57NO3Si4.6CH4/c1-13-16-21-30(5,6)28-31(7,8)22-17-19-26(25(27)15-3)20-18-23-32(9,10)29-33(11,12)24(4)14-2;;;;;;/h15,24H,3,13-14,16-23H2,1-2,4-12H3;6*1H4. The molecule has 0 saturated carbocycles. The second-order valence-electron chi connectivity index (χ2n) is 12.2. The summed E-state index contributed by atoms with van der Waals surface area (Å²) < 4.78 is 13.5. The molecule has 0 aromatic heterocycles. The Morgan fingerprint density at radius 2 is 1.08 bits per heavy atom. The molecule has 0 aliphatic heterocycles. The maximum atomic E-state index is 12.5. The van der Waals surface area contributed by atoms with E-state index in [4.69, 9.17) is 8.23 Å². The fourth-order valence-corrected chi connectivity index (χ4v) is 22.6. The Morgan fingerprint density at radius 3 is 1.41 bits per heavy atom. The van der Waals surface area contributed by atoms with Gasteiger partial charge < -0.3 is 13.1 Å². The molecule has 0 aliphatic carbocycles. The third kappa shape index (κ3) is 24.3. The highest BCUT2D eigenvalue weighted by atomic mass is 28.4. The van der Waals surface area contributed by atoms with Crippen molar-refractivity contribution in [1.29, 1.82) is 0 Å². The van der Waals surface area contributed by atoms with Crippen LogP contribution in [0.4, 0.5) is 0 Å². The maximum absolute atomic E-state index is 12.5. The number of rotatable bonds is 18. The fraction of sp³-hybridized carbons (Fsp3) is 0.903. The molecule has 4 nitrogen and oxygen atoms in total. The van der Waals surface area contributed by atoms with Crippen LogP contribution in [0.5, 0.6) is 0 Å². The van der Waals surface area contributed by atoms with Crippen molar-refractivity contribution in [1.82, 2.24) is 4.90 Å². The van der Waals surface area contributed by atoms with Crippen molar-refractivity contribution in [2.75, 3.05) is 13.1 Å². The number of hydrogen-bond donors (Lipinski definition) is 0. The first-order chi connectivity index (χ1) is 15.0. The lowest BCUT2D eigenvalue weighted by Gasteiger charge is -2.38. The van der Waals surface area contributed by atoms with Gasteiger partial charge in [-0.15, -0.1) is 0 Å². The number of amides is 1. The highest BCUT2D eigenvalue weighted by Gasteiger charge is 2.36. The molecule has 244 valence electrons. The normalized spacial score (nSPS) is 12.1. The molecule has 0 aromatic carbocycles. The largest absolute Gasteiger partial charge is 0.455 e. The first kappa shape index (κ1) is 55.0. The van der Waals surface area contributed by atoms with Gasteiger partial charge >= 0.3 is 0 Å². The first-order valence-electron chi connectivity index (χ1n) is 13.3. The van der Waals surface area contributed by atoms with Gasteiger partial charge in [-0.05, 0) is 95.0 Å². The number of hydrogen-bond acceptors (Lipinski definition) is 3. The van der Waals surface area contributed by atoms with Crippen LogP contribution in [0.3, 0.4) is 0 Å². The molecule has 0 fully saturated rings. The van der Waals surface area contributed by atoms with Crippen LogP contribution < -0.4 is 0 Å². The molecule has 0 bridgehead atoms. The molecule has 1 unspecified atom stereocenters. The van der Waals surface area contributed by atoms with Crippen molar-refractivity contribution in [3.05, 3.63) is 12.7 Å². The summed E-state index contributed by atoms with van der Waals surface area (Å²) in [5, 5.41) is 0. The topological polar surface area (TPSA) is 38.8 Å². The van der Waals surface area contributed by atoms with Crippen molar-refractivity contribution >= 4 is 39.2 Å². The first-order valence-corrected chi connectivity index (χ1v) is 25.7. The van der Waals surface area contributed by atoms with Crippen LogP contribution in [0, 0.1) is 0 Å². The van der Waals surface area contributed by atoms with Crippen LogP contribution in [-0.2, 0) is 13.0 Å². The lowest BCUT2D eigenvalue weighted by atomic mass is 10.3. The Kier molecular flexibility index (Phi) is 34.7. The van der Waals surface area contributed by atoms with Gasteiger partial charge in [-0.25, -0.2) is 0 Å². The molecule has 0 aromatic rings. The van der Waals surface area contributed by atoms with E-state index in [1.54, 1.807) is 0 Å². The molecular weight excluding hydrogens is 547 g/mol. The summed E-state index contributed by atoms with van der Waals surface area (Å²) in [4.78, 5) is 14.5. The van der Waals surface area contributed by atoms with Gasteiger partial charge in [0.25, 0.3) is 0 Å². The van der Waals surface area contributed by atoms with E-state index in [-0.39, 0.29) is 50.5 Å². The summed E-state index contributed by atoms with van der Waals surface area (Å²) in [6.45, 7) is 31.0. The number of nitrogens with zero attached hydrogens (tertiary/aromatic N) is 1. The third-order valence-electron chi connectivity index (χ3n) is 6.92. The number of carbonyl (C=O) groups excluding carboxylic acids is 1. The summed E-state index contributed by atoms with van der Waals surface area (Å²) in [6, 6.07) is 3.45. The second-order valence-corrected chi connectivity index (χ2v) is 30.1. The Hall–Kier alpha value is -0.00247. The molecular formula is C31H81NO3Si4. The van der Waals surface area contributed by atoms with Crippen LogP contribution in [0.1, 0.15) is 97.4 Å². The predicted octanol–water partition coefficient (Wildman–Crippen LogP) is 12.1. The van der Waals surface area contributed by atoms with Crippen molar-refractivity contribution in [3.63, 3.8) is 0 Å². The fourth-order valence-electron chi connectivity index (χ4n) is 4.66. The van der Waals surface area contributed by atoms with Crippen LogP contribution >= 0.6 is 0 Å². The number of unbranched alkanes of at least 4 members (excludes halogenated alkanes) is 1. The Labute approximate surface area is 255 Å². The molecule has 0 rings (SSSR count). The highest BCUT2D eigenvalue weighted by molar-refractivity contribution is 6.85.